The van der Waals surface area contributed by atoms with Crippen molar-refractivity contribution in [2.75, 3.05) is 11.5 Å². The fourth-order valence-corrected chi connectivity index (χ4v) is 7.05. The molecule has 12 nitrogen and oxygen atoms in total. The summed E-state index contributed by atoms with van der Waals surface area (Å²) < 4.78 is 1.19. The third-order valence-corrected chi connectivity index (χ3v) is 8.89. The zero-order valence-corrected chi connectivity index (χ0v) is 19.3. The Hall–Kier alpha value is -2.40. The number of thiazole rings is 1. The number of hydrogen-bond donors (Lipinski definition) is 5. The van der Waals surface area contributed by atoms with Crippen molar-refractivity contribution < 1.29 is 29.8 Å². The van der Waals surface area contributed by atoms with Gasteiger partial charge in [0.25, 0.3) is 5.91 Å². The molecule has 2 aliphatic heterocycles. The average Bonchev–Trinajstić information content (AvgIpc) is 3.36. The maximum atomic E-state index is 12.7. The number of hydrogen-bond acceptors (Lipinski definition) is 12. The van der Waals surface area contributed by atoms with Crippen LogP contribution in [0.4, 0.5) is 0 Å². The summed E-state index contributed by atoms with van der Waals surface area (Å²) in [5.41, 5.74) is 0.697. The molecule has 0 saturated carbocycles. The lowest BCUT2D eigenvalue weighted by Crippen LogP contribution is -2.70. The van der Waals surface area contributed by atoms with Crippen molar-refractivity contribution in [1.29, 1.82) is 5.41 Å². The van der Waals surface area contributed by atoms with Crippen LogP contribution in [-0.2, 0) is 27.4 Å². The predicted molar refractivity (Wildman–Crippen MR) is 115 cm³/mol. The van der Waals surface area contributed by atoms with E-state index in [1.54, 1.807) is 0 Å². The minimum absolute atomic E-state index is 0.0893. The number of aliphatic carboxylic acids is 1. The number of carbonyl (C=O) groups is 3. The van der Waals surface area contributed by atoms with Crippen molar-refractivity contribution in [2.45, 2.75) is 28.8 Å². The van der Waals surface area contributed by atoms with Crippen LogP contribution in [0, 0.1) is 5.41 Å². The lowest BCUT2D eigenvalue weighted by Gasteiger charge is -2.49. The Kier molecular flexibility index (Phi) is 6.57. The van der Waals surface area contributed by atoms with E-state index in [1.807, 2.05) is 0 Å². The summed E-state index contributed by atoms with van der Waals surface area (Å²) in [7, 11) is 0. The average molecular weight is 517 g/mol. The summed E-state index contributed by atoms with van der Waals surface area (Å²) in [6.45, 7) is -0.219. The number of carboxylic acid groups (broad SMARTS) is 1. The zero-order valence-electron chi connectivity index (χ0n) is 16.0. The second-order valence-corrected chi connectivity index (χ2v) is 10.9. The first-order chi connectivity index (χ1) is 15.3. The number of nitrogens with one attached hydrogen (secondary N) is 2. The molecule has 2 amide bonds. The lowest BCUT2D eigenvalue weighted by molar-refractivity contribution is -0.150. The molecule has 32 heavy (non-hydrogen) atoms. The Labute approximate surface area is 196 Å². The van der Waals surface area contributed by atoms with E-state index < -0.39 is 29.2 Å². The molecule has 0 spiro atoms. The first-order valence-corrected chi connectivity index (χ1v) is 12.7. The fraction of sp³-hybridized carbons (Fsp3) is 0.375. The summed E-state index contributed by atoms with van der Waals surface area (Å²) in [6, 6.07) is -0.868. The van der Waals surface area contributed by atoms with E-state index in [9.17, 15) is 24.7 Å². The molecule has 1 saturated heterocycles. The van der Waals surface area contributed by atoms with E-state index in [1.165, 1.54) is 45.1 Å². The maximum Gasteiger partial charge on any atom is 0.352 e. The molecule has 0 aliphatic carbocycles. The largest absolute Gasteiger partial charge is 0.477 e. The molecule has 0 radical (unpaired) electrons. The van der Waals surface area contributed by atoms with Gasteiger partial charge in [0, 0.05) is 16.9 Å². The molecule has 170 valence electrons. The van der Waals surface area contributed by atoms with Crippen molar-refractivity contribution in [3.05, 3.63) is 32.2 Å². The number of β-lactam (4-membered cyclic amide) rings is 1. The van der Waals surface area contributed by atoms with E-state index in [4.69, 9.17) is 10.5 Å². The van der Waals surface area contributed by atoms with Gasteiger partial charge in [-0.05, 0) is 5.57 Å². The Morgan fingerprint density at radius 1 is 1.38 bits per heavy atom. The second kappa shape index (κ2) is 9.22. The van der Waals surface area contributed by atoms with Crippen LogP contribution in [0.5, 0.6) is 0 Å². The molecule has 5 N–H and O–H groups in total. The Morgan fingerprint density at radius 3 is 2.78 bits per heavy atom. The Morgan fingerprint density at radius 2 is 2.16 bits per heavy atom. The van der Waals surface area contributed by atoms with Gasteiger partial charge < -0.3 is 20.7 Å². The summed E-state index contributed by atoms with van der Waals surface area (Å²) in [6.07, 6.45) is -0.214. The summed E-state index contributed by atoms with van der Waals surface area (Å²) >= 11 is 4.81. The summed E-state index contributed by atoms with van der Waals surface area (Å²) in [5, 5.41) is 47.7. The van der Waals surface area contributed by atoms with Gasteiger partial charge in [-0.3, -0.25) is 19.9 Å². The molecule has 4 rings (SSSR count). The first kappa shape index (κ1) is 22.8. The van der Waals surface area contributed by atoms with Crippen molar-refractivity contribution >= 4 is 64.0 Å². The van der Waals surface area contributed by atoms with Crippen LogP contribution in [0.25, 0.3) is 0 Å². The Balaban J connectivity index is 1.43. The van der Waals surface area contributed by atoms with E-state index in [-0.39, 0.29) is 29.2 Å². The minimum Gasteiger partial charge on any atom is -0.477 e. The van der Waals surface area contributed by atoms with Gasteiger partial charge in [0.05, 0.1) is 18.7 Å². The lowest BCUT2D eigenvalue weighted by atomic mass is 10.0. The Bertz CT molecular complexity index is 1170. The molecule has 16 heteroatoms. The number of aliphatic hydroxyl groups excluding tert-OH is 1. The van der Waals surface area contributed by atoms with Gasteiger partial charge in [0.2, 0.25) is 10.7 Å². The van der Waals surface area contributed by atoms with Gasteiger partial charge in [0.15, 0.2) is 4.34 Å². The van der Waals surface area contributed by atoms with E-state index in [2.05, 4.69) is 15.5 Å². The number of aliphatic hydroxyl groups is 1. The minimum atomic E-state index is -1.22. The van der Waals surface area contributed by atoms with Gasteiger partial charge in [0.1, 0.15) is 22.1 Å². The predicted octanol–water partition coefficient (Wildman–Crippen LogP) is -0.316. The zero-order chi connectivity index (χ0) is 23.0. The van der Waals surface area contributed by atoms with E-state index in [0.29, 0.717) is 31.2 Å². The second-order valence-electron chi connectivity index (χ2n) is 6.64. The molecular weight excluding hydrogens is 500 g/mol. The number of amides is 2. The number of aromatic nitrogens is 3. The molecule has 0 aromatic carbocycles. The molecule has 2 atom stereocenters. The third-order valence-electron chi connectivity index (χ3n) is 4.63. The van der Waals surface area contributed by atoms with Gasteiger partial charge in [-0.1, -0.05) is 23.1 Å². The van der Waals surface area contributed by atoms with E-state index in [0.717, 1.165) is 11.3 Å². The quantitative estimate of drug-likeness (QED) is 0.177. The molecule has 2 aromatic rings. The fourth-order valence-electron chi connectivity index (χ4n) is 3.16. The topological polar surface area (TPSA) is 182 Å². The molecule has 1 fully saturated rings. The maximum absolute atomic E-state index is 12.7. The number of carboxylic acids is 1. The van der Waals surface area contributed by atoms with Crippen molar-refractivity contribution in [1.82, 2.24) is 25.1 Å². The highest BCUT2D eigenvalue weighted by Crippen LogP contribution is 2.41. The molecule has 0 bridgehead atoms. The molecular formula is C16H16N6O6S4. The number of fused-ring (bicyclic) bond motifs is 1. The molecule has 1 unspecified atom stereocenters. The van der Waals surface area contributed by atoms with Crippen LogP contribution in [0.15, 0.2) is 21.0 Å². The number of rotatable bonds is 8. The van der Waals surface area contributed by atoms with Gasteiger partial charge in [-0.25, -0.2) is 4.79 Å². The monoisotopic (exact) mass is 516 g/mol. The van der Waals surface area contributed by atoms with Crippen LogP contribution in [0.1, 0.15) is 10.7 Å². The van der Waals surface area contributed by atoms with Crippen LogP contribution in [0.2, 0.25) is 0 Å². The third kappa shape index (κ3) is 4.27. The molecule has 4 heterocycles. The standard InChI is InChI=1S/C16H16N6O6S4/c17-15-22(28)7(5-30-15)1-8(24)18-10-12(25)21-11(14(26)27)6(3-29-13(10)21)4-31-16-20-19-9(2-23)32-16/h5,10,13,17,23,28H,1-4H2,(H,18,24)(H,26,27)/t10?,13-/m0/s1. The highest BCUT2D eigenvalue weighted by Gasteiger charge is 2.54. The van der Waals surface area contributed by atoms with Crippen LogP contribution >= 0.6 is 46.2 Å². The van der Waals surface area contributed by atoms with Crippen molar-refractivity contribution in [3.8, 4) is 0 Å². The molecule has 2 aromatic heterocycles. The highest BCUT2D eigenvalue weighted by atomic mass is 32.2. The number of nitrogens with zero attached hydrogens (tertiary/aromatic N) is 4. The van der Waals surface area contributed by atoms with Crippen LogP contribution < -0.4 is 10.1 Å². The summed E-state index contributed by atoms with van der Waals surface area (Å²) in [5.74, 6) is -1.59. The molecule has 2 aliphatic rings. The van der Waals surface area contributed by atoms with Gasteiger partial charge >= 0.3 is 5.97 Å². The normalized spacial score (nSPS) is 20.2. The van der Waals surface area contributed by atoms with Crippen molar-refractivity contribution in [2.24, 2.45) is 0 Å². The van der Waals surface area contributed by atoms with Crippen LogP contribution in [0.3, 0.4) is 0 Å². The number of carbonyl (C=O) groups excluding carboxylic acids is 2. The van der Waals surface area contributed by atoms with Gasteiger partial charge in [-0.2, -0.15) is 4.73 Å². The smallest absolute Gasteiger partial charge is 0.352 e. The SMILES string of the molecule is N=c1scc(CC(=O)NC2C(=O)N3C(C(=O)O)=C(CSc4nnc(CO)s4)CS[C@@H]23)n1O. The van der Waals surface area contributed by atoms with Crippen molar-refractivity contribution in [3.63, 3.8) is 0 Å². The van der Waals surface area contributed by atoms with E-state index >= 15 is 0 Å². The summed E-state index contributed by atoms with van der Waals surface area (Å²) in [4.78, 5) is 38.0. The van der Waals surface area contributed by atoms with Crippen LogP contribution in [-0.4, -0.2) is 76.0 Å². The number of thioether (sulfide) groups is 2. The highest BCUT2D eigenvalue weighted by molar-refractivity contribution is 8.01. The first-order valence-electron chi connectivity index (χ1n) is 8.98. The van der Waals surface area contributed by atoms with Gasteiger partial charge in [-0.15, -0.1) is 33.3 Å².